The van der Waals surface area contributed by atoms with Gasteiger partial charge in [-0.25, -0.2) is 9.97 Å². The predicted molar refractivity (Wildman–Crippen MR) is 94.5 cm³/mol. The van der Waals surface area contributed by atoms with E-state index in [-0.39, 0.29) is 12.1 Å². The van der Waals surface area contributed by atoms with E-state index in [0.717, 1.165) is 16.8 Å². The van der Waals surface area contributed by atoms with Crippen molar-refractivity contribution in [1.29, 1.82) is 0 Å². The van der Waals surface area contributed by atoms with Crippen molar-refractivity contribution in [2.45, 2.75) is 19.3 Å². The number of rotatable bonds is 2. The number of hydrogen-bond acceptors (Lipinski definition) is 4. The number of alkyl halides is 3. The SMILES string of the molecule is O=C(c1cccc(C(F)(F)F)c1Cl)N1CCn2c(-c3nccs3)cnc2C1. The highest BCUT2D eigenvalue weighted by atomic mass is 35.5. The molecule has 0 bridgehead atoms. The zero-order valence-electron chi connectivity index (χ0n) is 13.7. The minimum Gasteiger partial charge on any atom is -0.329 e. The Morgan fingerprint density at radius 3 is 2.74 bits per heavy atom. The van der Waals surface area contributed by atoms with Gasteiger partial charge in [0.25, 0.3) is 5.91 Å². The second-order valence-corrected chi connectivity index (χ2v) is 7.21. The lowest BCUT2D eigenvalue weighted by Gasteiger charge is -2.29. The van der Waals surface area contributed by atoms with Gasteiger partial charge in [-0.1, -0.05) is 17.7 Å². The number of benzene rings is 1. The van der Waals surface area contributed by atoms with E-state index < -0.39 is 22.7 Å². The average Bonchev–Trinajstić information content (AvgIpc) is 3.29. The van der Waals surface area contributed by atoms with E-state index in [1.54, 1.807) is 12.4 Å². The van der Waals surface area contributed by atoms with Gasteiger partial charge in [0, 0.05) is 24.7 Å². The van der Waals surface area contributed by atoms with Crippen LogP contribution in [0.1, 0.15) is 21.7 Å². The number of carbonyl (C=O) groups excluding carboxylic acids is 1. The maximum atomic E-state index is 13.0. The van der Waals surface area contributed by atoms with Crippen LogP contribution in [0, 0.1) is 0 Å². The zero-order valence-corrected chi connectivity index (χ0v) is 15.3. The summed E-state index contributed by atoms with van der Waals surface area (Å²) in [5, 5.41) is 2.12. The number of carbonyl (C=O) groups is 1. The molecule has 0 saturated carbocycles. The number of fused-ring (bicyclic) bond motifs is 1. The molecule has 27 heavy (non-hydrogen) atoms. The molecule has 1 aromatic carbocycles. The lowest BCUT2D eigenvalue weighted by atomic mass is 10.1. The minimum atomic E-state index is -4.62. The Morgan fingerprint density at radius 1 is 1.22 bits per heavy atom. The van der Waals surface area contributed by atoms with Gasteiger partial charge in [-0.15, -0.1) is 11.3 Å². The molecular formula is C17H12ClF3N4OS. The van der Waals surface area contributed by atoms with Crippen LogP contribution in [-0.2, 0) is 19.3 Å². The Bertz CT molecular complexity index is 1000. The lowest BCUT2D eigenvalue weighted by molar-refractivity contribution is -0.137. The molecule has 0 fully saturated rings. The van der Waals surface area contributed by atoms with Crippen LogP contribution in [0.15, 0.2) is 36.0 Å². The van der Waals surface area contributed by atoms with Crippen LogP contribution in [-0.4, -0.2) is 31.9 Å². The summed E-state index contributed by atoms with van der Waals surface area (Å²) < 4.78 is 41.1. The molecule has 0 radical (unpaired) electrons. The van der Waals surface area contributed by atoms with Crippen molar-refractivity contribution in [3.05, 3.63) is 57.9 Å². The maximum absolute atomic E-state index is 13.0. The first kappa shape index (κ1) is 18.0. The summed E-state index contributed by atoms with van der Waals surface area (Å²) in [6, 6.07) is 3.36. The van der Waals surface area contributed by atoms with Crippen molar-refractivity contribution in [3.63, 3.8) is 0 Å². The van der Waals surface area contributed by atoms with Gasteiger partial charge in [0.2, 0.25) is 0 Å². The number of halogens is 4. The summed E-state index contributed by atoms with van der Waals surface area (Å²) in [5.74, 6) is 0.110. The Morgan fingerprint density at radius 2 is 2.04 bits per heavy atom. The molecule has 1 aliphatic heterocycles. The number of hydrogen-bond donors (Lipinski definition) is 0. The molecule has 140 valence electrons. The molecule has 0 spiro atoms. The molecule has 1 aliphatic rings. The third-order valence-corrected chi connectivity index (χ3v) is 5.54. The van der Waals surface area contributed by atoms with E-state index in [0.29, 0.717) is 18.9 Å². The molecular weight excluding hydrogens is 401 g/mol. The molecule has 0 aliphatic carbocycles. The summed E-state index contributed by atoms with van der Waals surface area (Å²) in [4.78, 5) is 22.8. The van der Waals surface area contributed by atoms with E-state index in [2.05, 4.69) is 9.97 Å². The number of amides is 1. The third-order valence-electron chi connectivity index (χ3n) is 4.34. The van der Waals surface area contributed by atoms with Crippen LogP contribution in [0.2, 0.25) is 5.02 Å². The third kappa shape index (κ3) is 3.21. The van der Waals surface area contributed by atoms with E-state index >= 15 is 0 Å². The highest BCUT2D eigenvalue weighted by Gasteiger charge is 2.35. The van der Waals surface area contributed by atoms with E-state index in [1.807, 2.05) is 9.95 Å². The molecule has 2 aromatic heterocycles. The van der Waals surface area contributed by atoms with Gasteiger partial charge in [-0.05, 0) is 12.1 Å². The van der Waals surface area contributed by atoms with Crippen LogP contribution in [0.5, 0.6) is 0 Å². The van der Waals surface area contributed by atoms with Gasteiger partial charge in [0.1, 0.15) is 10.8 Å². The smallest absolute Gasteiger partial charge is 0.329 e. The molecule has 0 unspecified atom stereocenters. The van der Waals surface area contributed by atoms with Crippen molar-refractivity contribution < 1.29 is 18.0 Å². The van der Waals surface area contributed by atoms with E-state index in [1.165, 1.54) is 28.4 Å². The molecule has 3 aromatic rings. The fraction of sp³-hybridized carbons (Fsp3) is 0.235. The lowest BCUT2D eigenvalue weighted by Crippen LogP contribution is -2.38. The Balaban J connectivity index is 1.61. The summed E-state index contributed by atoms with van der Waals surface area (Å²) in [6.45, 7) is 1.01. The number of nitrogens with zero attached hydrogens (tertiary/aromatic N) is 4. The molecule has 0 atom stereocenters. The van der Waals surface area contributed by atoms with E-state index in [4.69, 9.17) is 11.6 Å². The van der Waals surface area contributed by atoms with Crippen molar-refractivity contribution in [3.8, 4) is 10.7 Å². The summed E-state index contributed by atoms with van der Waals surface area (Å²) >= 11 is 7.37. The first-order valence-corrected chi connectivity index (χ1v) is 9.21. The summed E-state index contributed by atoms with van der Waals surface area (Å²) in [7, 11) is 0. The van der Waals surface area contributed by atoms with Gasteiger partial charge in [0.15, 0.2) is 0 Å². The zero-order chi connectivity index (χ0) is 19.2. The molecule has 3 heterocycles. The van der Waals surface area contributed by atoms with Crippen LogP contribution in [0.3, 0.4) is 0 Å². The van der Waals surface area contributed by atoms with Crippen LogP contribution < -0.4 is 0 Å². The largest absolute Gasteiger partial charge is 0.417 e. The van der Waals surface area contributed by atoms with Crippen molar-refractivity contribution >= 4 is 28.8 Å². The molecule has 4 rings (SSSR count). The predicted octanol–water partition coefficient (Wildman–Crippen LogP) is 4.33. The van der Waals surface area contributed by atoms with Gasteiger partial charge < -0.3 is 9.47 Å². The standard InChI is InChI=1S/C17H12ClF3N4OS/c18-14-10(2-1-3-11(14)17(19,20)21)16(26)24-5-6-25-12(8-23-13(25)9-24)15-22-4-7-27-15/h1-4,7-8H,5-6,9H2. The highest BCUT2D eigenvalue weighted by Crippen LogP contribution is 2.37. The Labute approximate surface area is 161 Å². The highest BCUT2D eigenvalue weighted by molar-refractivity contribution is 7.13. The molecule has 10 heteroatoms. The minimum absolute atomic E-state index is 0.161. The van der Waals surface area contributed by atoms with Crippen molar-refractivity contribution in [2.24, 2.45) is 0 Å². The van der Waals surface area contributed by atoms with Crippen LogP contribution >= 0.6 is 22.9 Å². The van der Waals surface area contributed by atoms with Crippen molar-refractivity contribution in [2.75, 3.05) is 6.54 Å². The molecule has 0 N–H and O–H groups in total. The van der Waals surface area contributed by atoms with Gasteiger partial charge in [-0.2, -0.15) is 13.2 Å². The average molecular weight is 413 g/mol. The summed E-state index contributed by atoms with van der Waals surface area (Å²) in [6.07, 6.45) is -1.22. The molecule has 5 nitrogen and oxygen atoms in total. The number of aromatic nitrogens is 3. The second-order valence-electron chi connectivity index (χ2n) is 5.94. The monoisotopic (exact) mass is 412 g/mol. The second kappa shape index (κ2) is 6.65. The topological polar surface area (TPSA) is 51.0 Å². The first-order valence-electron chi connectivity index (χ1n) is 7.95. The molecule has 1 amide bonds. The fourth-order valence-corrected chi connectivity index (χ4v) is 4.01. The van der Waals surface area contributed by atoms with E-state index in [9.17, 15) is 18.0 Å². The maximum Gasteiger partial charge on any atom is 0.417 e. The van der Waals surface area contributed by atoms with Gasteiger partial charge in [-0.3, -0.25) is 4.79 Å². The Hall–Kier alpha value is -2.39. The first-order chi connectivity index (χ1) is 12.9. The van der Waals surface area contributed by atoms with Gasteiger partial charge >= 0.3 is 6.18 Å². The fourth-order valence-electron chi connectivity index (χ4n) is 3.04. The Kier molecular flexibility index (Phi) is 4.43. The quantitative estimate of drug-likeness (QED) is 0.629. The number of imidazole rings is 1. The molecule has 0 saturated heterocycles. The summed E-state index contributed by atoms with van der Waals surface area (Å²) in [5.41, 5.74) is -0.310. The number of thiazole rings is 1. The van der Waals surface area contributed by atoms with Crippen molar-refractivity contribution in [1.82, 2.24) is 19.4 Å². The van der Waals surface area contributed by atoms with Gasteiger partial charge in [0.05, 0.1) is 34.6 Å². The van der Waals surface area contributed by atoms with Crippen LogP contribution in [0.4, 0.5) is 13.2 Å². The normalized spacial score (nSPS) is 14.3. The van der Waals surface area contributed by atoms with Crippen LogP contribution in [0.25, 0.3) is 10.7 Å².